The maximum Gasteiger partial charge on any atom is 0.225 e. The molecular formula is C26H32ClN3O2. The molecule has 1 heterocycles. The summed E-state index contributed by atoms with van der Waals surface area (Å²) in [6.45, 7) is 3.98. The Bertz CT molecular complexity index is 920. The van der Waals surface area contributed by atoms with E-state index in [2.05, 4.69) is 10.2 Å². The van der Waals surface area contributed by atoms with Gasteiger partial charge in [-0.05, 0) is 36.5 Å². The van der Waals surface area contributed by atoms with Crippen molar-refractivity contribution in [3.63, 3.8) is 0 Å². The Morgan fingerprint density at radius 3 is 2.38 bits per heavy atom. The highest BCUT2D eigenvalue weighted by Gasteiger charge is 2.29. The van der Waals surface area contributed by atoms with E-state index >= 15 is 0 Å². The normalized spacial score (nSPS) is 17.5. The molecule has 6 heteroatoms. The molecule has 2 aromatic rings. The second kappa shape index (κ2) is 11.0. The minimum absolute atomic E-state index is 0.0352. The largest absolute Gasteiger partial charge is 0.340 e. The van der Waals surface area contributed by atoms with Crippen LogP contribution in [0.25, 0.3) is 0 Å². The number of carbonyl (C=O) groups is 2. The van der Waals surface area contributed by atoms with Crippen molar-refractivity contribution in [3.05, 3.63) is 64.7 Å². The first-order valence-corrected chi connectivity index (χ1v) is 12.1. The first kappa shape index (κ1) is 22.8. The molecule has 1 aliphatic heterocycles. The van der Waals surface area contributed by atoms with Crippen molar-refractivity contribution < 1.29 is 9.59 Å². The molecule has 2 aromatic carbocycles. The van der Waals surface area contributed by atoms with Crippen LogP contribution in [0.15, 0.2) is 48.5 Å². The third kappa shape index (κ3) is 5.90. The number of benzene rings is 2. The Kier molecular flexibility index (Phi) is 7.82. The summed E-state index contributed by atoms with van der Waals surface area (Å²) in [6, 6.07) is 15.8. The summed E-state index contributed by atoms with van der Waals surface area (Å²) >= 11 is 6.65. The molecule has 1 aliphatic carbocycles. The monoisotopic (exact) mass is 453 g/mol. The van der Waals surface area contributed by atoms with E-state index < -0.39 is 0 Å². The zero-order valence-corrected chi connectivity index (χ0v) is 19.3. The lowest BCUT2D eigenvalue weighted by Crippen LogP contribution is -2.49. The van der Waals surface area contributed by atoms with Gasteiger partial charge in [0.15, 0.2) is 0 Å². The topological polar surface area (TPSA) is 52.7 Å². The average Bonchev–Trinajstić information content (AvgIpc) is 3.36. The fourth-order valence-electron chi connectivity index (χ4n) is 4.71. The number of piperazine rings is 1. The van der Waals surface area contributed by atoms with Crippen LogP contribution in [-0.2, 0) is 22.6 Å². The van der Waals surface area contributed by atoms with Gasteiger partial charge >= 0.3 is 0 Å². The van der Waals surface area contributed by atoms with Gasteiger partial charge in [-0.3, -0.25) is 14.5 Å². The summed E-state index contributed by atoms with van der Waals surface area (Å²) in [5, 5.41) is 3.57. The van der Waals surface area contributed by atoms with Crippen LogP contribution in [0.3, 0.4) is 0 Å². The fourth-order valence-corrected chi connectivity index (χ4v) is 4.94. The number of amides is 2. The number of halogens is 1. The molecule has 5 nitrogen and oxygen atoms in total. The number of hydrogen-bond donors (Lipinski definition) is 1. The number of hydrogen-bond acceptors (Lipinski definition) is 3. The number of carbonyl (C=O) groups excluding carboxylic acids is 2. The molecule has 32 heavy (non-hydrogen) atoms. The highest BCUT2D eigenvalue weighted by atomic mass is 35.5. The molecule has 2 aliphatic rings. The zero-order chi connectivity index (χ0) is 22.3. The second-order valence-corrected chi connectivity index (χ2v) is 9.27. The van der Waals surface area contributed by atoms with Gasteiger partial charge in [-0.1, -0.05) is 66.9 Å². The molecule has 0 atom stereocenters. The Morgan fingerprint density at radius 1 is 0.938 bits per heavy atom. The van der Waals surface area contributed by atoms with Gasteiger partial charge in [0, 0.05) is 45.1 Å². The Labute approximate surface area is 195 Å². The minimum atomic E-state index is -0.0352. The van der Waals surface area contributed by atoms with Crippen LogP contribution >= 0.6 is 11.6 Å². The average molecular weight is 454 g/mol. The lowest BCUT2D eigenvalue weighted by Gasteiger charge is -2.36. The smallest absolute Gasteiger partial charge is 0.225 e. The highest BCUT2D eigenvalue weighted by Crippen LogP contribution is 2.29. The summed E-state index contributed by atoms with van der Waals surface area (Å²) in [4.78, 5) is 29.5. The minimum Gasteiger partial charge on any atom is -0.340 e. The molecule has 4 rings (SSSR count). The Hall–Kier alpha value is -2.37. The number of anilines is 1. The van der Waals surface area contributed by atoms with Crippen LogP contribution < -0.4 is 5.32 Å². The van der Waals surface area contributed by atoms with Crippen LogP contribution in [0.5, 0.6) is 0 Å². The van der Waals surface area contributed by atoms with E-state index in [-0.39, 0.29) is 11.8 Å². The summed E-state index contributed by atoms with van der Waals surface area (Å²) in [5.74, 6) is 0.561. The van der Waals surface area contributed by atoms with Crippen LogP contribution in [0.2, 0.25) is 5.02 Å². The van der Waals surface area contributed by atoms with Crippen molar-refractivity contribution in [1.29, 1.82) is 0 Å². The molecular weight excluding hydrogens is 422 g/mol. The van der Waals surface area contributed by atoms with Crippen molar-refractivity contribution >= 4 is 29.1 Å². The molecule has 2 fully saturated rings. The van der Waals surface area contributed by atoms with E-state index in [1.165, 1.54) is 12.8 Å². The predicted octanol–water partition coefficient (Wildman–Crippen LogP) is 4.75. The molecule has 2 amide bonds. The maximum atomic E-state index is 12.7. The van der Waals surface area contributed by atoms with Gasteiger partial charge in [-0.25, -0.2) is 0 Å². The van der Waals surface area contributed by atoms with Gasteiger partial charge < -0.3 is 10.2 Å². The SMILES string of the molecule is O=C(CCc1ccccc1)Nc1cccc(CN2CCN(C(=O)C3CCCC3)CC2)c1Cl. The zero-order valence-electron chi connectivity index (χ0n) is 18.6. The summed E-state index contributed by atoms with van der Waals surface area (Å²) in [6.07, 6.45) is 5.61. The van der Waals surface area contributed by atoms with Gasteiger partial charge in [0.25, 0.3) is 0 Å². The van der Waals surface area contributed by atoms with Crippen molar-refractivity contribution in [2.24, 2.45) is 5.92 Å². The number of nitrogens with zero attached hydrogens (tertiary/aromatic N) is 2. The third-order valence-electron chi connectivity index (χ3n) is 6.62. The lowest BCUT2D eigenvalue weighted by atomic mass is 10.1. The molecule has 1 N–H and O–H groups in total. The summed E-state index contributed by atoms with van der Waals surface area (Å²) < 4.78 is 0. The molecule has 0 aromatic heterocycles. The fraction of sp³-hybridized carbons (Fsp3) is 0.462. The van der Waals surface area contributed by atoms with Crippen molar-refractivity contribution in [3.8, 4) is 0 Å². The number of nitrogens with one attached hydrogen (secondary N) is 1. The number of aryl methyl sites for hydroxylation is 1. The summed E-state index contributed by atoms with van der Waals surface area (Å²) in [5.41, 5.74) is 2.81. The van der Waals surface area contributed by atoms with Crippen LogP contribution in [0.4, 0.5) is 5.69 Å². The maximum absolute atomic E-state index is 12.7. The molecule has 0 unspecified atom stereocenters. The standard InChI is InChI=1S/C26H32ClN3O2/c27-25-22(19-29-15-17-30(18-16-29)26(32)21-9-4-5-10-21)11-6-12-23(25)28-24(31)14-13-20-7-2-1-3-8-20/h1-3,6-8,11-12,21H,4-5,9-10,13-19H2,(H,28,31). The van der Waals surface area contributed by atoms with Gasteiger partial charge in [-0.15, -0.1) is 0 Å². The van der Waals surface area contributed by atoms with Gasteiger partial charge in [-0.2, -0.15) is 0 Å². The van der Waals surface area contributed by atoms with Crippen molar-refractivity contribution in [2.45, 2.75) is 45.1 Å². The van der Waals surface area contributed by atoms with E-state index in [1.807, 2.05) is 53.4 Å². The molecule has 1 saturated heterocycles. The van der Waals surface area contributed by atoms with E-state index in [9.17, 15) is 9.59 Å². The number of rotatable bonds is 7. The van der Waals surface area contributed by atoms with Gasteiger partial charge in [0.05, 0.1) is 10.7 Å². The Morgan fingerprint density at radius 2 is 1.66 bits per heavy atom. The Balaban J connectivity index is 1.28. The molecule has 0 spiro atoms. The molecule has 0 radical (unpaired) electrons. The second-order valence-electron chi connectivity index (χ2n) is 8.90. The molecule has 0 bridgehead atoms. The van der Waals surface area contributed by atoms with E-state index in [4.69, 9.17) is 11.6 Å². The first-order chi connectivity index (χ1) is 15.6. The van der Waals surface area contributed by atoms with Crippen LogP contribution in [0, 0.1) is 5.92 Å². The molecule has 170 valence electrons. The third-order valence-corrected chi connectivity index (χ3v) is 7.07. The van der Waals surface area contributed by atoms with Crippen LogP contribution in [0.1, 0.15) is 43.2 Å². The molecule has 1 saturated carbocycles. The van der Waals surface area contributed by atoms with E-state index in [0.717, 1.165) is 56.7 Å². The van der Waals surface area contributed by atoms with E-state index in [1.54, 1.807) is 0 Å². The predicted molar refractivity (Wildman–Crippen MR) is 129 cm³/mol. The van der Waals surface area contributed by atoms with Crippen LogP contribution in [-0.4, -0.2) is 47.8 Å². The lowest BCUT2D eigenvalue weighted by molar-refractivity contribution is -0.137. The first-order valence-electron chi connectivity index (χ1n) is 11.7. The highest BCUT2D eigenvalue weighted by molar-refractivity contribution is 6.34. The van der Waals surface area contributed by atoms with Gasteiger partial charge in [0.1, 0.15) is 0 Å². The van der Waals surface area contributed by atoms with E-state index in [0.29, 0.717) is 29.5 Å². The summed E-state index contributed by atoms with van der Waals surface area (Å²) in [7, 11) is 0. The quantitative estimate of drug-likeness (QED) is 0.658. The van der Waals surface area contributed by atoms with Crippen molar-refractivity contribution in [2.75, 3.05) is 31.5 Å². The van der Waals surface area contributed by atoms with Gasteiger partial charge in [0.2, 0.25) is 11.8 Å². The van der Waals surface area contributed by atoms with Crippen molar-refractivity contribution in [1.82, 2.24) is 9.80 Å².